The smallest absolute Gasteiger partial charge is 0.174 e. The highest BCUT2D eigenvalue weighted by Crippen LogP contribution is 2.21. The first-order valence-electron chi connectivity index (χ1n) is 4.85. The molecule has 3 nitrogen and oxygen atoms in total. The molecule has 0 aromatic carbocycles. The van der Waals surface area contributed by atoms with E-state index in [1.165, 1.54) is 11.3 Å². The van der Waals surface area contributed by atoms with E-state index in [1.807, 2.05) is 0 Å². The molecular formula is C10H13NO2S. The van der Waals surface area contributed by atoms with Gasteiger partial charge in [-0.05, 0) is 18.8 Å². The number of Topliss-reactive ketones (excluding diaryl/α,β-unsaturated/α-hetero) is 1. The first kappa shape index (κ1) is 9.80. The van der Waals surface area contributed by atoms with Crippen LogP contribution in [0.15, 0.2) is 11.7 Å². The van der Waals surface area contributed by atoms with Crippen molar-refractivity contribution in [3.8, 4) is 0 Å². The summed E-state index contributed by atoms with van der Waals surface area (Å²) in [4.78, 5) is 16.4. The van der Waals surface area contributed by atoms with Crippen molar-refractivity contribution < 1.29 is 9.53 Å². The van der Waals surface area contributed by atoms with Crippen LogP contribution in [0.25, 0.3) is 0 Å². The number of rotatable bonds is 3. The first-order chi connectivity index (χ1) is 6.86. The average Bonchev–Trinajstić information content (AvgIpc) is 2.72. The van der Waals surface area contributed by atoms with Crippen LogP contribution in [-0.2, 0) is 4.74 Å². The summed E-state index contributed by atoms with van der Waals surface area (Å²) in [6.45, 7) is 1.61. The van der Waals surface area contributed by atoms with Gasteiger partial charge in [0.25, 0.3) is 0 Å². The van der Waals surface area contributed by atoms with E-state index in [4.69, 9.17) is 4.74 Å². The first-order valence-corrected chi connectivity index (χ1v) is 5.73. The van der Waals surface area contributed by atoms with Crippen LogP contribution in [0.3, 0.4) is 0 Å². The van der Waals surface area contributed by atoms with Crippen molar-refractivity contribution in [2.75, 3.05) is 13.2 Å². The summed E-state index contributed by atoms with van der Waals surface area (Å²) in [5, 5.41) is 0. The minimum atomic E-state index is 0.236. The number of aromatic nitrogens is 1. The fraction of sp³-hybridized carbons (Fsp3) is 0.600. The molecule has 1 aliphatic heterocycles. The summed E-state index contributed by atoms with van der Waals surface area (Å²) < 4.78 is 5.25. The van der Waals surface area contributed by atoms with Crippen molar-refractivity contribution in [3.63, 3.8) is 0 Å². The fourth-order valence-corrected chi connectivity index (χ4v) is 2.24. The SMILES string of the molecule is O=C(CC1CCOCC1)c1cncs1. The van der Waals surface area contributed by atoms with Gasteiger partial charge in [0, 0.05) is 25.8 Å². The molecular weight excluding hydrogens is 198 g/mol. The van der Waals surface area contributed by atoms with Crippen LogP contribution in [-0.4, -0.2) is 24.0 Å². The van der Waals surface area contributed by atoms with Crippen LogP contribution < -0.4 is 0 Å². The Hall–Kier alpha value is -0.740. The Bertz CT molecular complexity index is 291. The van der Waals surface area contributed by atoms with E-state index in [1.54, 1.807) is 11.7 Å². The number of hydrogen-bond acceptors (Lipinski definition) is 4. The van der Waals surface area contributed by atoms with Crippen molar-refractivity contribution in [1.29, 1.82) is 0 Å². The molecule has 1 aromatic rings. The third-order valence-corrected chi connectivity index (χ3v) is 3.34. The summed E-state index contributed by atoms with van der Waals surface area (Å²) in [7, 11) is 0. The zero-order valence-corrected chi connectivity index (χ0v) is 8.76. The molecule has 0 radical (unpaired) electrons. The second kappa shape index (κ2) is 4.66. The van der Waals surface area contributed by atoms with E-state index >= 15 is 0 Å². The summed E-state index contributed by atoms with van der Waals surface area (Å²) in [5.74, 6) is 0.748. The van der Waals surface area contributed by atoms with Gasteiger partial charge < -0.3 is 4.74 Å². The summed E-state index contributed by atoms with van der Waals surface area (Å²) in [5.41, 5.74) is 1.71. The maximum Gasteiger partial charge on any atom is 0.174 e. The maximum absolute atomic E-state index is 11.7. The Morgan fingerprint density at radius 2 is 2.36 bits per heavy atom. The highest BCUT2D eigenvalue weighted by Gasteiger charge is 2.18. The Balaban J connectivity index is 1.87. The third-order valence-electron chi connectivity index (χ3n) is 2.52. The number of nitrogens with zero attached hydrogens (tertiary/aromatic N) is 1. The molecule has 2 heterocycles. The Morgan fingerprint density at radius 3 is 3.00 bits per heavy atom. The lowest BCUT2D eigenvalue weighted by Gasteiger charge is -2.20. The van der Waals surface area contributed by atoms with Gasteiger partial charge in [0.2, 0.25) is 0 Å². The molecule has 0 aliphatic carbocycles. The van der Waals surface area contributed by atoms with E-state index in [9.17, 15) is 4.79 Å². The van der Waals surface area contributed by atoms with Crippen LogP contribution in [0.1, 0.15) is 28.9 Å². The molecule has 1 aliphatic rings. The van der Waals surface area contributed by atoms with Crippen molar-refractivity contribution in [3.05, 3.63) is 16.6 Å². The van der Waals surface area contributed by atoms with Gasteiger partial charge in [-0.2, -0.15) is 0 Å². The van der Waals surface area contributed by atoms with Gasteiger partial charge in [0.15, 0.2) is 5.78 Å². The van der Waals surface area contributed by atoms with Gasteiger partial charge >= 0.3 is 0 Å². The van der Waals surface area contributed by atoms with Crippen molar-refractivity contribution in [2.45, 2.75) is 19.3 Å². The number of thiazole rings is 1. The molecule has 1 saturated heterocycles. The van der Waals surface area contributed by atoms with Gasteiger partial charge in [0.05, 0.1) is 10.4 Å². The number of ether oxygens (including phenoxy) is 1. The summed E-state index contributed by atoms with van der Waals surface area (Å²) in [6.07, 6.45) is 4.35. The molecule has 0 unspecified atom stereocenters. The Labute approximate surface area is 87.1 Å². The lowest BCUT2D eigenvalue weighted by molar-refractivity contribution is 0.0602. The monoisotopic (exact) mass is 211 g/mol. The molecule has 1 aromatic heterocycles. The highest BCUT2D eigenvalue weighted by molar-refractivity contribution is 7.11. The van der Waals surface area contributed by atoms with Crippen LogP contribution in [0.2, 0.25) is 0 Å². The second-order valence-electron chi connectivity index (χ2n) is 3.55. The maximum atomic E-state index is 11.7. The molecule has 0 N–H and O–H groups in total. The Morgan fingerprint density at radius 1 is 1.57 bits per heavy atom. The molecule has 76 valence electrons. The number of carbonyl (C=O) groups excluding carboxylic acids is 1. The van der Waals surface area contributed by atoms with E-state index in [0.29, 0.717) is 12.3 Å². The van der Waals surface area contributed by atoms with Gasteiger partial charge in [-0.15, -0.1) is 11.3 Å². The van der Waals surface area contributed by atoms with Gasteiger partial charge in [-0.25, -0.2) is 0 Å². The number of carbonyl (C=O) groups is 1. The van der Waals surface area contributed by atoms with Crippen LogP contribution in [0.5, 0.6) is 0 Å². The fourth-order valence-electron chi connectivity index (χ4n) is 1.67. The largest absolute Gasteiger partial charge is 0.381 e. The van der Waals surface area contributed by atoms with Gasteiger partial charge in [0.1, 0.15) is 0 Å². The minimum absolute atomic E-state index is 0.236. The molecule has 1 fully saturated rings. The van der Waals surface area contributed by atoms with Crippen molar-refractivity contribution in [2.24, 2.45) is 5.92 Å². The number of hydrogen-bond donors (Lipinski definition) is 0. The van der Waals surface area contributed by atoms with Crippen LogP contribution in [0, 0.1) is 5.92 Å². The molecule has 14 heavy (non-hydrogen) atoms. The average molecular weight is 211 g/mol. The van der Waals surface area contributed by atoms with Gasteiger partial charge in [-0.1, -0.05) is 0 Å². The molecule has 4 heteroatoms. The van der Waals surface area contributed by atoms with Crippen molar-refractivity contribution >= 4 is 17.1 Å². The number of ketones is 1. The zero-order valence-electron chi connectivity index (χ0n) is 7.94. The third kappa shape index (κ3) is 2.39. The lowest BCUT2D eigenvalue weighted by atomic mass is 9.94. The predicted octanol–water partition coefficient (Wildman–Crippen LogP) is 2.14. The molecule has 0 saturated carbocycles. The van der Waals surface area contributed by atoms with Crippen LogP contribution >= 0.6 is 11.3 Å². The lowest BCUT2D eigenvalue weighted by Crippen LogP contribution is -2.18. The highest BCUT2D eigenvalue weighted by atomic mass is 32.1. The van der Waals surface area contributed by atoms with E-state index in [-0.39, 0.29) is 5.78 Å². The minimum Gasteiger partial charge on any atom is -0.381 e. The molecule has 2 rings (SSSR count). The van der Waals surface area contributed by atoms with E-state index < -0.39 is 0 Å². The van der Waals surface area contributed by atoms with E-state index in [2.05, 4.69) is 4.98 Å². The standard InChI is InChI=1S/C10H13NO2S/c12-9(10-6-11-7-14-10)5-8-1-3-13-4-2-8/h6-8H,1-5H2. The quantitative estimate of drug-likeness (QED) is 0.719. The topological polar surface area (TPSA) is 39.2 Å². The van der Waals surface area contributed by atoms with E-state index in [0.717, 1.165) is 30.9 Å². The summed E-state index contributed by atoms with van der Waals surface area (Å²) in [6, 6.07) is 0. The van der Waals surface area contributed by atoms with Gasteiger partial charge in [-0.3, -0.25) is 9.78 Å². The summed E-state index contributed by atoms with van der Waals surface area (Å²) >= 11 is 1.43. The normalized spacial score (nSPS) is 18.3. The van der Waals surface area contributed by atoms with Crippen LogP contribution in [0.4, 0.5) is 0 Å². The molecule has 0 atom stereocenters. The predicted molar refractivity (Wildman–Crippen MR) is 54.6 cm³/mol. The second-order valence-corrected chi connectivity index (χ2v) is 4.44. The Kier molecular flexibility index (Phi) is 3.26. The zero-order chi connectivity index (χ0) is 9.80. The molecule has 0 spiro atoms. The molecule has 0 amide bonds. The molecule has 0 bridgehead atoms. The van der Waals surface area contributed by atoms with Crippen molar-refractivity contribution in [1.82, 2.24) is 4.98 Å².